The van der Waals surface area contributed by atoms with Crippen LogP contribution in [0.15, 0.2) is 72.9 Å². The van der Waals surface area contributed by atoms with Gasteiger partial charge in [-0.25, -0.2) is 36.5 Å². The van der Waals surface area contributed by atoms with E-state index in [-0.39, 0.29) is 21.5 Å². The monoisotopic (exact) mass is 1050 g/mol. The van der Waals surface area contributed by atoms with E-state index in [2.05, 4.69) is 15.0 Å². The van der Waals surface area contributed by atoms with Gasteiger partial charge in [0.1, 0.15) is 45.2 Å². The Morgan fingerprint density at radius 3 is 1.52 bits per heavy atom. The summed E-state index contributed by atoms with van der Waals surface area (Å²) in [6, 6.07) is 6.54. The molecule has 0 aliphatic carbocycles. The van der Waals surface area contributed by atoms with Crippen LogP contribution in [0.1, 0.15) is 26.3 Å². The normalized spacial score (nSPS) is 12.0. The molecule has 29 heteroatoms. The topological polar surface area (TPSA) is 148 Å². The molecule has 1 atom stereocenters. The highest BCUT2D eigenvalue weighted by molar-refractivity contribution is 6.38. The molecule has 5 rings (SSSR count). The van der Waals surface area contributed by atoms with Gasteiger partial charge in [0, 0.05) is 18.0 Å². The zero-order valence-electron chi connectivity index (χ0n) is 31.2. The average Bonchev–Trinajstić information content (AvgIpc) is 3.17. The molecule has 1 unspecified atom stereocenters. The van der Waals surface area contributed by atoms with E-state index in [0.717, 1.165) is 48.5 Å². The first-order chi connectivity index (χ1) is 30.5. The van der Waals surface area contributed by atoms with Crippen molar-refractivity contribution >= 4 is 93.3 Å². The van der Waals surface area contributed by atoms with E-state index in [9.17, 15) is 76.3 Å². The zero-order chi connectivity index (χ0) is 49.6. The predicted molar refractivity (Wildman–Crippen MR) is 209 cm³/mol. The first-order valence-corrected chi connectivity index (χ1v) is 18.7. The van der Waals surface area contributed by atoms with Crippen LogP contribution < -0.4 is 30.7 Å². The lowest BCUT2D eigenvalue weighted by molar-refractivity contribution is -0.304. The minimum Gasteiger partial charge on any atom is -0.434 e. The SMILES string of the molecule is O=C(NC(=O)c1c(F)cccc1F)Nc1cc(Cl)c(OC(F)(F)C(F)C(F)(F)F)cc1Cl.O=C(NC(=O)c1c(F)cccc1F)Nc1cc(Cl)c(Oc2ncc(C(F)(F)F)cc2Cl)c(Cl)c1. The fourth-order valence-corrected chi connectivity index (χ4v) is 5.82. The Kier molecular flexibility index (Phi) is 16.9. The summed E-state index contributed by atoms with van der Waals surface area (Å²) in [6.45, 7) is 0. The number of pyridine rings is 1. The maximum atomic E-state index is 13.7. The number of carbonyl (C=O) groups excluding carboxylic acids is 4. The number of hydrogen-bond acceptors (Lipinski definition) is 7. The number of nitrogens with one attached hydrogen (secondary N) is 4. The molecule has 352 valence electrons. The number of nitrogens with zero attached hydrogens (tertiary/aromatic N) is 1. The second kappa shape index (κ2) is 21.1. The Hall–Kier alpha value is -5.95. The zero-order valence-corrected chi connectivity index (χ0v) is 35.0. The molecule has 4 N–H and O–H groups in total. The van der Waals surface area contributed by atoms with Crippen LogP contribution in [0.25, 0.3) is 0 Å². The second-order valence-corrected chi connectivity index (χ2v) is 14.3. The fourth-order valence-electron chi connectivity index (χ4n) is 4.65. The van der Waals surface area contributed by atoms with Crippen LogP contribution >= 0.6 is 58.0 Å². The number of urea groups is 2. The molecule has 5 aromatic rings. The van der Waals surface area contributed by atoms with E-state index in [1.807, 2.05) is 5.32 Å². The van der Waals surface area contributed by atoms with Crippen molar-refractivity contribution in [1.82, 2.24) is 15.6 Å². The molecule has 0 radical (unpaired) electrons. The van der Waals surface area contributed by atoms with Crippen molar-refractivity contribution in [1.29, 1.82) is 0 Å². The molecule has 1 aromatic heterocycles. The van der Waals surface area contributed by atoms with Crippen molar-refractivity contribution in [2.45, 2.75) is 24.6 Å². The Balaban J connectivity index is 0.000000289. The summed E-state index contributed by atoms with van der Waals surface area (Å²) < 4.78 is 178. The molecule has 11 nitrogen and oxygen atoms in total. The van der Waals surface area contributed by atoms with Crippen LogP contribution in [0.2, 0.25) is 25.1 Å². The number of ether oxygens (including phenoxy) is 2. The summed E-state index contributed by atoms with van der Waals surface area (Å²) in [7, 11) is 0. The number of rotatable bonds is 9. The molecule has 66 heavy (non-hydrogen) atoms. The lowest BCUT2D eigenvalue weighted by Gasteiger charge is -2.24. The number of benzene rings is 4. The van der Waals surface area contributed by atoms with Gasteiger partial charge < -0.3 is 20.1 Å². The van der Waals surface area contributed by atoms with Crippen LogP contribution in [-0.4, -0.2) is 47.3 Å². The van der Waals surface area contributed by atoms with E-state index in [4.69, 9.17) is 62.7 Å². The van der Waals surface area contributed by atoms with E-state index < -0.39 is 121 Å². The lowest BCUT2D eigenvalue weighted by Crippen LogP contribution is -2.45. The molecule has 0 saturated carbocycles. The molecule has 0 aliphatic rings. The molecule has 0 spiro atoms. The maximum absolute atomic E-state index is 13.7. The van der Waals surface area contributed by atoms with Gasteiger partial charge >= 0.3 is 30.5 Å². The standard InChI is InChI=1S/C20H9Cl3F5N3O3.C17H8Cl2F8N2O3/c21-10-5-9(30-19(33)31-17(32)15-13(24)2-1-3-14(15)25)6-11(22)16(10)34-18-12(23)4-8(7-29-18)20(26,27)28;18-6-5-11(32-17(26,27)14(22)16(23,24)25)7(19)4-10(6)28-15(31)29-13(30)12-8(20)2-1-3-9(12)21/h1-7H,(H2,30,31,32,33);1-5,14H,(H2,28,29,30,31). The van der Waals surface area contributed by atoms with Crippen LogP contribution in [0.5, 0.6) is 17.4 Å². The van der Waals surface area contributed by atoms with Crippen molar-refractivity contribution in [3.63, 3.8) is 0 Å². The van der Waals surface area contributed by atoms with Crippen molar-refractivity contribution in [2.75, 3.05) is 10.6 Å². The number of anilines is 2. The van der Waals surface area contributed by atoms with Crippen LogP contribution in [-0.2, 0) is 6.18 Å². The van der Waals surface area contributed by atoms with Crippen molar-refractivity contribution in [3.05, 3.63) is 138 Å². The number of amides is 6. The number of carbonyl (C=O) groups is 4. The quantitative estimate of drug-likeness (QED) is 0.107. The van der Waals surface area contributed by atoms with Gasteiger partial charge in [0.05, 0.1) is 31.3 Å². The third-order valence-corrected chi connectivity index (χ3v) is 8.96. The minimum atomic E-state index is -5.94. The number of aromatic nitrogens is 1. The summed E-state index contributed by atoms with van der Waals surface area (Å²) >= 11 is 29.2. The number of halogens is 18. The van der Waals surface area contributed by atoms with Gasteiger partial charge in [0.2, 0.25) is 5.88 Å². The van der Waals surface area contributed by atoms with E-state index in [1.165, 1.54) is 0 Å². The molecule has 1 heterocycles. The van der Waals surface area contributed by atoms with Gasteiger partial charge in [0.15, 0.2) is 5.75 Å². The molecular weight excluding hydrogens is 1030 g/mol. The van der Waals surface area contributed by atoms with E-state index >= 15 is 0 Å². The molecule has 4 aromatic carbocycles. The van der Waals surface area contributed by atoms with Gasteiger partial charge in [-0.3, -0.25) is 20.2 Å². The summed E-state index contributed by atoms with van der Waals surface area (Å²) in [5, 5.41) is 5.01. The van der Waals surface area contributed by atoms with E-state index in [0.29, 0.717) is 24.4 Å². The molecule has 0 saturated heterocycles. The summed E-state index contributed by atoms with van der Waals surface area (Å²) in [6.07, 6.45) is -20.2. The summed E-state index contributed by atoms with van der Waals surface area (Å²) in [5.41, 5.74) is -3.67. The summed E-state index contributed by atoms with van der Waals surface area (Å²) in [4.78, 5) is 51.3. The van der Waals surface area contributed by atoms with Crippen LogP contribution in [0, 0.1) is 23.3 Å². The van der Waals surface area contributed by atoms with Gasteiger partial charge in [-0.2, -0.15) is 35.1 Å². The third kappa shape index (κ3) is 13.6. The average molecular weight is 1050 g/mol. The minimum absolute atomic E-state index is 0.0619. The fraction of sp³-hybridized carbons (Fsp3) is 0.108. The second-order valence-electron chi connectivity index (χ2n) is 12.2. The van der Waals surface area contributed by atoms with Crippen molar-refractivity contribution in [2.24, 2.45) is 0 Å². The molecular formula is C37H17Cl5F13N5O6. The molecule has 0 aliphatic heterocycles. The van der Waals surface area contributed by atoms with Crippen molar-refractivity contribution < 1.29 is 85.7 Å². The van der Waals surface area contributed by atoms with Gasteiger partial charge in [-0.05, 0) is 48.5 Å². The van der Waals surface area contributed by atoms with Gasteiger partial charge in [-0.1, -0.05) is 70.1 Å². The highest BCUT2D eigenvalue weighted by Crippen LogP contribution is 2.43. The Morgan fingerprint density at radius 2 is 1.08 bits per heavy atom. The molecule has 0 bridgehead atoms. The number of alkyl halides is 9. The van der Waals surface area contributed by atoms with Gasteiger partial charge in [-0.15, -0.1) is 0 Å². The highest BCUT2D eigenvalue weighted by Gasteiger charge is 2.59. The van der Waals surface area contributed by atoms with Gasteiger partial charge in [0.25, 0.3) is 18.0 Å². The van der Waals surface area contributed by atoms with Crippen molar-refractivity contribution in [3.8, 4) is 17.4 Å². The van der Waals surface area contributed by atoms with Crippen LogP contribution in [0.3, 0.4) is 0 Å². The Labute approximate surface area is 384 Å². The van der Waals surface area contributed by atoms with E-state index in [1.54, 1.807) is 10.6 Å². The molecule has 0 fully saturated rings. The highest BCUT2D eigenvalue weighted by atomic mass is 35.5. The first kappa shape index (κ1) is 52.7. The Morgan fingerprint density at radius 1 is 0.606 bits per heavy atom. The number of imide groups is 2. The largest absolute Gasteiger partial charge is 0.439 e. The number of hydrogen-bond donors (Lipinski definition) is 4. The Bertz CT molecular complexity index is 2630. The van der Waals surface area contributed by atoms with Crippen LogP contribution in [0.4, 0.5) is 78.0 Å². The molecule has 6 amide bonds. The summed E-state index contributed by atoms with van der Waals surface area (Å²) in [5.74, 6) is -9.55. The lowest BCUT2D eigenvalue weighted by atomic mass is 10.2. The predicted octanol–water partition coefficient (Wildman–Crippen LogP) is 13.2. The first-order valence-electron chi connectivity index (χ1n) is 16.8. The smallest absolute Gasteiger partial charge is 0.434 e. The third-order valence-electron chi connectivity index (χ3n) is 7.52. The maximum Gasteiger partial charge on any atom is 0.439 e.